The van der Waals surface area contributed by atoms with Crippen LogP contribution in [0.15, 0.2) is 47.0 Å². The number of aromatic nitrogens is 2. The summed E-state index contributed by atoms with van der Waals surface area (Å²) in [4.78, 5) is 16.1. The van der Waals surface area contributed by atoms with E-state index in [1.807, 2.05) is 32.0 Å². The number of rotatable bonds is 5. The molecule has 0 bridgehead atoms. The van der Waals surface area contributed by atoms with Gasteiger partial charge in [-0.15, -0.1) is 0 Å². The van der Waals surface area contributed by atoms with Crippen LogP contribution in [0.3, 0.4) is 0 Å². The van der Waals surface area contributed by atoms with Crippen LogP contribution in [0.1, 0.15) is 11.1 Å². The Morgan fingerprint density at radius 1 is 1.16 bits per heavy atom. The van der Waals surface area contributed by atoms with E-state index in [0.717, 1.165) is 5.56 Å². The molecule has 0 aliphatic heterocycles. The average Bonchev–Trinajstić information content (AvgIpc) is 3.05. The van der Waals surface area contributed by atoms with Gasteiger partial charge in [0.15, 0.2) is 6.61 Å². The van der Waals surface area contributed by atoms with Gasteiger partial charge in [0.1, 0.15) is 5.75 Å². The maximum Gasteiger partial charge on any atom is 0.270 e. The third-order valence-electron chi connectivity index (χ3n) is 3.62. The van der Waals surface area contributed by atoms with E-state index >= 15 is 0 Å². The molecule has 1 N–H and O–H groups in total. The minimum atomic E-state index is -0.373. The van der Waals surface area contributed by atoms with Crippen LogP contribution in [0.5, 0.6) is 5.75 Å². The number of ether oxygens (including phenoxy) is 1. The van der Waals surface area contributed by atoms with Gasteiger partial charge in [-0.05, 0) is 66.5 Å². The first-order valence-corrected chi connectivity index (χ1v) is 7.98. The highest BCUT2D eigenvalue weighted by atomic mass is 35.5. The molecule has 0 radical (unpaired) electrons. The van der Waals surface area contributed by atoms with Crippen molar-refractivity contribution in [2.75, 3.05) is 11.9 Å². The number of hydrogen-bond donors (Lipinski definition) is 1. The lowest BCUT2D eigenvalue weighted by Gasteiger charge is -2.07. The van der Waals surface area contributed by atoms with E-state index in [9.17, 15) is 4.79 Å². The fourth-order valence-electron chi connectivity index (χ4n) is 2.10. The van der Waals surface area contributed by atoms with Crippen LogP contribution in [0.4, 0.5) is 5.95 Å². The van der Waals surface area contributed by atoms with E-state index in [1.165, 1.54) is 5.56 Å². The summed E-state index contributed by atoms with van der Waals surface area (Å²) < 4.78 is 10.6. The number of carbonyl (C=O) groups is 1. The molecule has 6 nitrogen and oxygen atoms in total. The number of nitrogens with one attached hydrogen (secondary N) is 1. The fourth-order valence-corrected chi connectivity index (χ4v) is 2.22. The maximum atomic E-state index is 12.0. The molecule has 3 rings (SSSR count). The van der Waals surface area contributed by atoms with E-state index in [1.54, 1.807) is 24.3 Å². The Labute approximate surface area is 149 Å². The minimum absolute atomic E-state index is 0.0821. The molecule has 1 aromatic heterocycles. The zero-order valence-electron chi connectivity index (χ0n) is 13.7. The molecule has 0 unspecified atom stereocenters. The van der Waals surface area contributed by atoms with Gasteiger partial charge in [0, 0.05) is 10.6 Å². The molecule has 25 heavy (non-hydrogen) atoms. The van der Waals surface area contributed by atoms with Gasteiger partial charge in [-0.3, -0.25) is 10.1 Å². The molecule has 0 fully saturated rings. The van der Waals surface area contributed by atoms with E-state index in [4.69, 9.17) is 20.9 Å². The molecule has 1 amide bonds. The number of halogens is 1. The summed E-state index contributed by atoms with van der Waals surface area (Å²) in [7, 11) is 0. The van der Waals surface area contributed by atoms with Crippen molar-refractivity contribution in [1.29, 1.82) is 0 Å². The SMILES string of the molecule is Cc1ccc(OCC(=O)Nc2noc(-c3ccc(Cl)cc3)n2)cc1C. The van der Waals surface area contributed by atoms with Crippen molar-refractivity contribution in [3.8, 4) is 17.2 Å². The normalized spacial score (nSPS) is 10.5. The molecule has 0 saturated heterocycles. The molecular formula is C18H16ClN3O3. The van der Waals surface area contributed by atoms with E-state index in [2.05, 4.69) is 15.5 Å². The largest absolute Gasteiger partial charge is 0.484 e. The fraction of sp³-hybridized carbons (Fsp3) is 0.167. The van der Waals surface area contributed by atoms with Crippen LogP contribution >= 0.6 is 11.6 Å². The Balaban J connectivity index is 1.58. The van der Waals surface area contributed by atoms with Crippen molar-refractivity contribution >= 4 is 23.5 Å². The third-order valence-corrected chi connectivity index (χ3v) is 3.87. The standard InChI is InChI=1S/C18H16ClN3O3/c1-11-3-8-15(9-12(11)2)24-10-16(23)20-18-21-17(25-22-18)13-4-6-14(19)7-5-13/h3-9H,10H2,1-2H3,(H,20,22,23). The summed E-state index contributed by atoms with van der Waals surface area (Å²) in [5.74, 6) is 0.635. The van der Waals surface area contributed by atoms with Crippen molar-refractivity contribution < 1.29 is 14.1 Å². The third kappa shape index (κ3) is 4.36. The lowest BCUT2D eigenvalue weighted by Crippen LogP contribution is -2.20. The predicted molar refractivity (Wildman–Crippen MR) is 94.8 cm³/mol. The molecule has 7 heteroatoms. The Hall–Kier alpha value is -2.86. The monoisotopic (exact) mass is 357 g/mol. The Bertz CT molecular complexity index is 891. The number of amides is 1. The van der Waals surface area contributed by atoms with Crippen molar-refractivity contribution in [3.05, 3.63) is 58.6 Å². The average molecular weight is 358 g/mol. The number of nitrogens with zero attached hydrogens (tertiary/aromatic N) is 2. The molecule has 2 aromatic carbocycles. The molecule has 0 spiro atoms. The van der Waals surface area contributed by atoms with Crippen LogP contribution in [0.25, 0.3) is 11.5 Å². The highest BCUT2D eigenvalue weighted by Crippen LogP contribution is 2.21. The van der Waals surface area contributed by atoms with Gasteiger partial charge in [0.25, 0.3) is 17.7 Å². The molecule has 0 aliphatic rings. The number of benzene rings is 2. The highest BCUT2D eigenvalue weighted by Gasteiger charge is 2.12. The first kappa shape index (κ1) is 17.0. The lowest BCUT2D eigenvalue weighted by molar-refractivity contribution is -0.118. The van der Waals surface area contributed by atoms with Gasteiger partial charge in [-0.1, -0.05) is 17.7 Å². The number of anilines is 1. The summed E-state index contributed by atoms with van der Waals surface area (Å²) in [5.41, 5.74) is 2.98. The molecule has 3 aromatic rings. The summed E-state index contributed by atoms with van der Waals surface area (Å²) in [6, 6.07) is 12.6. The number of aryl methyl sites for hydroxylation is 2. The predicted octanol–water partition coefficient (Wildman–Crippen LogP) is 4.02. The van der Waals surface area contributed by atoms with Gasteiger partial charge in [-0.2, -0.15) is 4.98 Å². The van der Waals surface area contributed by atoms with Crippen molar-refractivity contribution in [2.45, 2.75) is 13.8 Å². The van der Waals surface area contributed by atoms with Crippen molar-refractivity contribution in [3.63, 3.8) is 0 Å². The molecule has 0 saturated carbocycles. The summed E-state index contributed by atoms with van der Waals surface area (Å²) in [5, 5.41) is 6.87. The van der Waals surface area contributed by atoms with Crippen LogP contribution in [-0.2, 0) is 4.79 Å². The lowest BCUT2D eigenvalue weighted by atomic mass is 10.1. The van der Waals surface area contributed by atoms with Crippen LogP contribution in [0, 0.1) is 13.8 Å². The van der Waals surface area contributed by atoms with Gasteiger partial charge >= 0.3 is 0 Å². The highest BCUT2D eigenvalue weighted by molar-refractivity contribution is 6.30. The zero-order valence-corrected chi connectivity index (χ0v) is 14.5. The summed E-state index contributed by atoms with van der Waals surface area (Å²) in [6.45, 7) is 3.85. The smallest absolute Gasteiger partial charge is 0.270 e. The van der Waals surface area contributed by atoms with Gasteiger partial charge < -0.3 is 9.26 Å². The molecule has 1 heterocycles. The Morgan fingerprint density at radius 3 is 2.64 bits per heavy atom. The summed E-state index contributed by atoms with van der Waals surface area (Å²) in [6.07, 6.45) is 0. The van der Waals surface area contributed by atoms with Crippen LogP contribution in [-0.4, -0.2) is 22.7 Å². The minimum Gasteiger partial charge on any atom is -0.484 e. The van der Waals surface area contributed by atoms with Gasteiger partial charge in [0.05, 0.1) is 0 Å². The summed E-state index contributed by atoms with van der Waals surface area (Å²) >= 11 is 5.84. The van der Waals surface area contributed by atoms with E-state index < -0.39 is 0 Å². The molecular weight excluding hydrogens is 342 g/mol. The Morgan fingerprint density at radius 2 is 1.92 bits per heavy atom. The topological polar surface area (TPSA) is 77.2 Å². The number of carbonyl (C=O) groups excluding carboxylic acids is 1. The second-order valence-electron chi connectivity index (χ2n) is 5.51. The van der Waals surface area contributed by atoms with Gasteiger partial charge in [0.2, 0.25) is 0 Å². The molecule has 0 atom stereocenters. The Kier molecular flexibility index (Phi) is 5.00. The quantitative estimate of drug-likeness (QED) is 0.746. The van der Waals surface area contributed by atoms with E-state index in [0.29, 0.717) is 22.2 Å². The second-order valence-corrected chi connectivity index (χ2v) is 5.95. The zero-order chi connectivity index (χ0) is 17.8. The van der Waals surface area contributed by atoms with Gasteiger partial charge in [-0.25, -0.2) is 0 Å². The first-order chi connectivity index (χ1) is 12.0. The molecule has 0 aliphatic carbocycles. The second kappa shape index (κ2) is 7.36. The van der Waals surface area contributed by atoms with Crippen LogP contribution in [0.2, 0.25) is 5.02 Å². The van der Waals surface area contributed by atoms with Crippen molar-refractivity contribution in [1.82, 2.24) is 10.1 Å². The van der Waals surface area contributed by atoms with Crippen molar-refractivity contribution in [2.24, 2.45) is 0 Å². The maximum absolute atomic E-state index is 12.0. The molecule has 128 valence electrons. The van der Waals surface area contributed by atoms with E-state index in [-0.39, 0.29) is 18.5 Å². The number of hydrogen-bond acceptors (Lipinski definition) is 5. The van der Waals surface area contributed by atoms with Crippen LogP contribution < -0.4 is 10.1 Å². The first-order valence-electron chi connectivity index (χ1n) is 7.61.